The minimum atomic E-state index is -5.30. The van der Waals surface area contributed by atoms with Crippen LogP contribution in [-0.2, 0) is 5.41 Å². The molecule has 1 aliphatic rings. The number of hydrogen-bond donors (Lipinski definition) is 1. The Morgan fingerprint density at radius 3 is 2.23 bits per heavy atom. The van der Waals surface area contributed by atoms with Gasteiger partial charge in [-0.2, -0.15) is 13.2 Å². The zero-order valence-corrected chi connectivity index (χ0v) is 18.1. The van der Waals surface area contributed by atoms with Crippen LogP contribution < -0.4 is 5.63 Å². The molecule has 1 aliphatic carbocycles. The monoisotopic (exact) mass is 563 g/mol. The number of alkyl halides is 3. The van der Waals surface area contributed by atoms with Gasteiger partial charge >= 0.3 is 11.8 Å². The van der Waals surface area contributed by atoms with Gasteiger partial charge in [0.25, 0.3) is 5.78 Å². The van der Waals surface area contributed by atoms with Gasteiger partial charge in [0, 0.05) is 54.8 Å². The molecule has 4 rings (SSSR count). The molecular formula is C20H17EuF3O6. The van der Waals surface area contributed by atoms with Crippen molar-refractivity contribution in [1.29, 1.82) is 0 Å². The summed E-state index contributed by atoms with van der Waals surface area (Å²) in [6, 6.07) is 10.5. The van der Waals surface area contributed by atoms with Gasteiger partial charge in [-0.3, -0.25) is 4.79 Å². The fraction of sp³-hybridized carbons (Fsp3) is 0.200. The Hall–Kier alpha value is -1.59. The van der Waals surface area contributed by atoms with E-state index in [9.17, 15) is 27.9 Å². The number of hydrogen-bond acceptors (Lipinski definition) is 4. The van der Waals surface area contributed by atoms with E-state index < -0.39 is 34.3 Å². The number of aromatic hydroxyl groups is 1. The largest absolute Gasteiger partial charge is 0.506 e. The minimum absolute atomic E-state index is 0. The van der Waals surface area contributed by atoms with Gasteiger partial charge in [0.2, 0.25) is 0 Å². The molecule has 0 fully saturated rings. The summed E-state index contributed by atoms with van der Waals surface area (Å²) >= 11 is 0. The fourth-order valence-corrected chi connectivity index (χ4v) is 3.72. The summed E-state index contributed by atoms with van der Waals surface area (Å²) in [5.41, 5.74) is -0.0231. The van der Waals surface area contributed by atoms with Crippen LogP contribution in [0.4, 0.5) is 13.2 Å². The second-order valence-electron chi connectivity index (χ2n) is 7.00. The summed E-state index contributed by atoms with van der Waals surface area (Å²) in [6.45, 7) is 3.95. The van der Waals surface area contributed by atoms with E-state index in [0.717, 1.165) is 16.7 Å². The molecule has 0 saturated carbocycles. The first kappa shape index (κ1) is 26.4. The topological polar surface area (TPSA) is 131 Å². The number of carbonyl (C=O) groups excluding carboxylic acids is 1. The van der Waals surface area contributed by atoms with Gasteiger partial charge in [0.1, 0.15) is 11.3 Å². The number of rotatable bonds is 1. The standard InChI is InChI=1S/C20H13F3O4.Eu.2H2O/c1-19(2)12-6-4-3-5-9(12)10-7-11-14(8-13(10)19)27-18(26)15(16(11)24)17(25)20(21,22)23;;;/h3-8,24H,1-2H3;;2*1H2. The smallest absolute Gasteiger partial charge is 0.455 e. The Labute approximate surface area is 208 Å². The van der Waals surface area contributed by atoms with Crippen molar-refractivity contribution < 1.29 is 87.8 Å². The van der Waals surface area contributed by atoms with Gasteiger partial charge in [-0.1, -0.05) is 38.1 Å². The molecule has 161 valence electrons. The Bertz CT molecular complexity index is 1200. The van der Waals surface area contributed by atoms with E-state index in [0.29, 0.717) is 5.56 Å². The molecule has 2 aromatic carbocycles. The zero-order chi connectivity index (χ0) is 19.7. The molecule has 0 unspecified atom stereocenters. The van der Waals surface area contributed by atoms with E-state index >= 15 is 0 Å². The van der Waals surface area contributed by atoms with Crippen molar-refractivity contribution >= 4 is 16.8 Å². The van der Waals surface area contributed by atoms with Crippen LogP contribution in [0.5, 0.6) is 5.75 Å². The number of fused-ring (bicyclic) bond motifs is 4. The van der Waals surface area contributed by atoms with Gasteiger partial charge in [-0.05, 0) is 34.4 Å². The van der Waals surface area contributed by atoms with E-state index in [4.69, 9.17) is 4.42 Å². The Morgan fingerprint density at radius 1 is 1.03 bits per heavy atom. The molecule has 0 aliphatic heterocycles. The summed E-state index contributed by atoms with van der Waals surface area (Å²) in [7, 11) is 0. The van der Waals surface area contributed by atoms with Crippen LogP contribution in [0.25, 0.3) is 22.1 Å². The molecule has 10 heteroatoms. The first-order chi connectivity index (χ1) is 12.5. The third-order valence-corrected chi connectivity index (χ3v) is 5.07. The molecule has 1 radical (unpaired) electrons. The third-order valence-electron chi connectivity index (χ3n) is 5.07. The molecule has 5 N–H and O–H groups in total. The van der Waals surface area contributed by atoms with Crippen LogP contribution in [0.3, 0.4) is 0 Å². The predicted octanol–water partition coefficient (Wildman–Crippen LogP) is 2.90. The van der Waals surface area contributed by atoms with Gasteiger partial charge < -0.3 is 20.5 Å². The summed E-state index contributed by atoms with van der Waals surface area (Å²) in [5, 5.41) is 10.2. The Kier molecular flexibility index (Phi) is 7.50. The van der Waals surface area contributed by atoms with Crippen LogP contribution in [0, 0.1) is 49.4 Å². The van der Waals surface area contributed by atoms with Crippen LogP contribution in [0.1, 0.15) is 35.3 Å². The first-order valence-electron chi connectivity index (χ1n) is 8.09. The van der Waals surface area contributed by atoms with Crippen molar-refractivity contribution in [3.05, 3.63) is 63.5 Å². The van der Waals surface area contributed by atoms with Crippen molar-refractivity contribution in [1.82, 2.24) is 0 Å². The Balaban J connectivity index is 0.00000150. The molecule has 0 spiro atoms. The molecular weight excluding hydrogens is 545 g/mol. The maximum absolute atomic E-state index is 12.8. The SMILES string of the molecule is CC1(C)c2ccccc2-c2cc3c(O)c(C(=O)C(F)(F)F)c(=O)oc3cc21.O.O.[Eu]. The second-order valence-corrected chi connectivity index (χ2v) is 7.00. The maximum atomic E-state index is 12.8. The fourth-order valence-electron chi connectivity index (χ4n) is 3.72. The molecule has 1 aromatic heterocycles. The van der Waals surface area contributed by atoms with Gasteiger partial charge in [-0.15, -0.1) is 0 Å². The van der Waals surface area contributed by atoms with Gasteiger partial charge in [0.05, 0.1) is 5.39 Å². The summed E-state index contributed by atoms with van der Waals surface area (Å²) < 4.78 is 43.3. The summed E-state index contributed by atoms with van der Waals surface area (Å²) in [6.07, 6.45) is -5.30. The molecule has 3 aromatic rings. The van der Waals surface area contributed by atoms with Gasteiger partial charge in [0.15, 0.2) is 5.56 Å². The quantitative estimate of drug-likeness (QED) is 0.361. The molecule has 1 heterocycles. The molecule has 30 heavy (non-hydrogen) atoms. The predicted molar refractivity (Wildman–Crippen MR) is 99.3 cm³/mol. The van der Waals surface area contributed by atoms with E-state index in [1.807, 2.05) is 38.1 Å². The molecule has 0 atom stereocenters. The zero-order valence-electron chi connectivity index (χ0n) is 15.6. The van der Waals surface area contributed by atoms with Crippen molar-refractivity contribution in [2.24, 2.45) is 0 Å². The van der Waals surface area contributed by atoms with Gasteiger partial charge in [-0.25, -0.2) is 4.79 Å². The molecule has 0 amide bonds. The normalized spacial score (nSPS) is 13.4. The minimum Gasteiger partial charge on any atom is -0.506 e. The van der Waals surface area contributed by atoms with Crippen molar-refractivity contribution in [2.45, 2.75) is 25.4 Å². The number of carbonyl (C=O) groups is 1. The third kappa shape index (κ3) is 3.75. The van der Waals surface area contributed by atoms with Crippen LogP contribution in [0.2, 0.25) is 0 Å². The van der Waals surface area contributed by atoms with Crippen LogP contribution in [0.15, 0.2) is 45.6 Å². The van der Waals surface area contributed by atoms with E-state index in [2.05, 4.69) is 0 Å². The molecule has 0 saturated heterocycles. The molecule has 0 bridgehead atoms. The Morgan fingerprint density at radius 2 is 1.63 bits per heavy atom. The van der Waals surface area contributed by atoms with E-state index in [-0.39, 0.29) is 71.3 Å². The second kappa shape index (κ2) is 8.51. The van der Waals surface area contributed by atoms with E-state index in [1.165, 1.54) is 12.1 Å². The van der Waals surface area contributed by atoms with Crippen molar-refractivity contribution in [3.63, 3.8) is 0 Å². The first-order valence-corrected chi connectivity index (χ1v) is 8.09. The van der Waals surface area contributed by atoms with Crippen molar-refractivity contribution in [2.75, 3.05) is 0 Å². The maximum Gasteiger partial charge on any atom is 0.455 e. The number of halogens is 3. The molecule has 6 nitrogen and oxygen atoms in total. The summed E-state index contributed by atoms with van der Waals surface area (Å²) in [4.78, 5) is 23.5. The van der Waals surface area contributed by atoms with Crippen LogP contribution >= 0.6 is 0 Å². The van der Waals surface area contributed by atoms with E-state index in [1.54, 1.807) is 0 Å². The number of Topliss-reactive ketones (excluding diaryl/α,β-unsaturated/α-hetero) is 1. The summed E-state index contributed by atoms with van der Waals surface area (Å²) in [5.74, 6) is -3.45. The number of ketones is 1. The average molecular weight is 562 g/mol. The number of benzene rings is 2. The van der Waals surface area contributed by atoms with Crippen molar-refractivity contribution in [3.8, 4) is 16.9 Å². The van der Waals surface area contributed by atoms with Crippen LogP contribution in [-0.4, -0.2) is 28.0 Å². The average Bonchev–Trinajstić information content (AvgIpc) is 2.81.